The Balaban J connectivity index is 2.61. The zero-order valence-corrected chi connectivity index (χ0v) is 7.19. The molecule has 1 amide bonds. The predicted octanol–water partition coefficient (Wildman–Crippen LogP) is -0.476. The van der Waals surface area contributed by atoms with E-state index < -0.39 is 6.04 Å². The first kappa shape index (κ1) is 9.19. The van der Waals surface area contributed by atoms with Crippen LogP contribution in [-0.4, -0.2) is 35.7 Å². The van der Waals surface area contributed by atoms with E-state index in [0.717, 1.165) is 19.1 Å². The third-order valence-electron chi connectivity index (χ3n) is 2.13. The standard InChI is InChI=1S/C8H14N2O2/c1-6(9)8(12)10-4-2-3-7(10)5-11/h5-7H,2-4,9H2,1H3/t6-,7?/m0/s1. The molecule has 2 atom stereocenters. The molecule has 4 heteroatoms. The van der Waals surface area contributed by atoms with Gasteiger partial charge in [0.2, 0.25) is 5.91 Å². The average molecular weight is 170 g/mol. The van der Waals surface area contributed by atoms with E-state index in [4.69, 9.17) is 5.73 Å². The van der Waals surface area contributed by atoms with E-state index in [0.29, 0.717) is 6.54 Å². The molecule has 0 radical (unpaired) electrons. The highest BCUT2D eigenvalue weighted by Crippen LogP contribution is 2.15. The first-order valence-electron chi connectivity index (χ1n) is 4.18. The zero-order chi connectivity index (χ0) is 9.14. The minimum atomic E-state index is -0.495. The monoisotopic (exact) mass is 170 g/mol. The second-order valence-corrected chi connectivity index (χ2v) is 3.17. The molecule has 12 heavy (non-hydrogen) atoms. The lowest BCUT2D eigenvalue weighted by Gasteiger charge is -2.22. The van der Waals surface area contributed by atoms with Gasteiger partial charge >= 0.3 is 0 Å². The Morgan fingerprint density at radius 2 is 2.42 bits per heavy atom. The van der Waals surface area contributed by atoms with Crippen molar-refractivity contribution in [2.24, 2.45) is 5.73 Å². The van der Waals surface area contributed by atoms with Crippen molar-refractivity contribution in [2.45, 2.75) is 31.8 Å². The van der Waals surface area contributed by atoms with Crippen LogP contribution in [0.2, 0.25) is 0 Å². The van der Waals surface area contributed by atoms with Gasteiger partial charge in [0, 0.05) is 6.54 Å². The summed E-state index contributed by atoms with van der Waals surface area (Å²) in [7, 11) is 0. The molecular formula is C8H14N2O2. The summed E-state index contributed by atoms with van der Waals surface area (Å²) in [4.78, 5) is 23.4. The predicted molar refractivity (Wildman–Crippen MR) is 44.4 cm³/mol. The van der Waals surface area contributed by atoms with E-state index in [1.807, 2.05) is 0 Å². The molecule has 1 unspecified atom stereocenters. The van der Waals surface area contributed by atoms with Gasteiger partial charge in [0.25, 0.3) is 0 Å². The molecule has 1 aliphatic rings. The first-order chi connectivity index (χ1) is 5.66. The van der Waals surface area contributed by atoms with Gasteiger partial charge in [0.15, 0.2) is 0 Å². The number of aldehydes is 1. The molecule has 0 saturated carbocycles. The van der Waals surface area contributed by atoms with E-state index in [2.05, 4.69) is 0 Å². The van der Waals surface area contributed by atoms with E-state index in [1.54, 1.807) is 11.8 Å². The van der Waals surface area contributed by atoms with E-state index >= 15 is 0 Å². The van der Waals surface area contributed by atoms with Gasteiger partial charge in [-0.3, -0.25) is 4.79 Å². The van der Waals surface area contributed by atoms with Gasteiger partial charge < -0.3 is 15.4 Å². The summed E-state index contributed by atoms with van der Waals surface area (Å²) >= 11 is 0. The summed E-state index contributed by atoms with van der Waals surface area (Å²) in [6.45, 7) is 2.31. The Hall–Kier alpha value is -0.900. The van der Waals surface area contributed by atoms with Gasteiger partial charge in [-0.2, -0.15) is 0 Å². The van der Waals surface area contributed by atoms with Crippen LogP contribution in [0.3, 0.4) is 0 Å². The molecule has 0 aliphatic carbocycles. The third-order valence-corrected chi connectivity index (χ3v) is 2.13. The second kappa shape index (κ2) is 3.67. The Labute approximate surface area is 71.7 Å². The number of rotatable bonds is 2. The molecule has 4 nitrogen and oxygen atoms in total. The molecule has 0 bridgehead atoms. The fourth-order valence-electron chi connectivity index (χ4n) is 1.47. The van der Waals surface area contributed by atoms with Crippen molar-refractivity contribution >= 4 is 12.2 Å². The first-order valence-corrected chi connectivity index (χ1v) is 4.18. The summed E-state index contributed by atoms with van der Waals surface area (Å²) in [5, 5.41) is 0. The van der Waals surface area contributed by atoms with E-state index in [9.17, 15) is 9.59 Å². The Morgan fingerprint density at radius 1 is 1.75 bits per heavy atom. The minimum absolute atomic E-state index is 0.121. The number of carbonyl (C=O) groups excluding carboxylic acids is 2. The van der Waals surface area contributed by atoms with Crippen molar-refractivity contribution in [3.05, 3.63) is 0 Å². The van der Waals surface area contributed by atoms with Crippen molar-refractivity contribution in [3.63, 3.8) is 0 Å². The van der Waals surface area contributed by atoms with E-state index in [1.165, 1.54) is 0 Å². The lowest BCUT2D eigenvalue weighted by Crippen LogP contribution is -2.45. The van der Waals surface area contributed by atoms with Crippen LogP contribution in [0.5, 0.6) is 0 Å². The van der Waals surface area contributed by atoms with Crippen LogP contribution in [0.15, 0.2) is 0 Å². The minimum Gasteiger partial charge on any atom is -0.332 e. The van der Waals surface area contributed by atoms with Gasteiger partial charge in [-0.15, -0.1) is 0 Å². The fraction of sp³-hybridized carbons (Fsp3) is 0.750. The fourth-order valence-corrected chi connectivity index (χ4v) is 1.47. The number of nitrogens with two attached hydrogens (primary N) is 1. The molecule has 1 rings (SSSR count). The molecule has 1 heterocycles. The smallest absolute Gasteiger partial charge is 0.239 e. The quantitative estimate of drug-likeness (QED) is 0.569. The number of likely N-dealkylation sites (tertiary alicyclic amines) is 1. The summed E-state index contributed by atoms with van der Waals surface area (Å²) in [6.07, 6.45) is 2.51. The second-order valence-electron chi connectivity index (χ2n) is 3.17. The molecule has 1 fully saturated rings. The van der Waals surface area contributed by atoms with Crippen LogP contribution in [-0.2, 0) is 9.59 Å². The number of amides is 1. The topological polar surface area (TPSA) is 63.4 Å². The Kier molecular flexibility index (Phi) is 2.81. The molecule has 0 spiro atoms. The molecule has 68 valence electrons. The van der Waals surface area contributed by atoms with Crippen molar-refractivity contribution in [1.82, 2.24) is 4.90 Å². The van der Waals surface area contributed by atoms with Crippen LogP contribution < -0.4 is 5.73 Å². The van der Waals surface area contributed by atoms with Gasteiger partial charge in [0.05, 0.1) is 12.1 Å². The van der Waals surface area contributed by atoms with Crippen LogP contribution in [0.1, 0.15) is 19.8 Å². The third kappa shape index (κ3) is 1.64. The van der Waals surface area contributed by atoms with Crippen LogP contribution >= 0.6 is 0 Å². The number of carbonyl (C=O) groups is 2. The lowest BCUT2D eigenvalue weighted by molar-refractivity contribution is -0.135. The highest BCUT2D eigenvalue weighted by molar-refractivity contribution is 5.84. The molecule has 2 N–H and O–H groups in total. The summed E-state index contributed by atoms with van der Waals surface area (Å²) < 4.78 is 0. The summed E-state index contributed by atoms with van der Waals surface area (Å²) in [5.41, 5.74) is 5.43. The van der Waals surface area contributed by atoms with Crippen molar-refractivity contribution in [1.29, 1.82) is 0 Å². The van der Waals surface area contributed by atoms with Crippen molar-refractivity contribution in [3.8, 4) is 0 Å². The SMILES string of the molecule is C[C@H](N)C(=O)N1CCCC1C=O. The summed E-state index contributed by atoms with van der Waals surface area (Å²) in [6, 6.07) is -0.728. The average Bonchev–Trinajstić information content (AvgIpc) is 2.49. The van der Waals surface area contributed by atoms with Crippen LogP contribution in [0.25, 0.3) is 0 Å². The molecule has 0 aromatic heterocycles. The molecule has 1 saturated heterocycles. The van der Waals surface area contributed by atoms with Crippen LogP contribution in [0.4, 0.5) is 0 Å². The van der Waals surface area contributed by atoms with Gasteiger partial charge in [-0.1, -0.05) is 0 Å². The highest BCUT2D eigenvalue weighted by atomic mass is 16.2. The molecular weight excluding hydrogens is 156 g/mol. The lowest BCUT2D eigenvalue weighted by atomic mass is 10.2. The maximum Gasteiger partial charge on any atom is 0.239 e. The number of hydrogen-bond donors (Lipinski definition) is 1. The van der Waals surface area contributed by atoms with Crippen LogP contribution in [0, 0.1) is 0 Å². The number of nitrogens with zero attached hydrogens (tertiary/aromatic N) is 1. The Bertz CT molecular complexity index is 191. The zero-order valence-electron chi connectivity index (χ0n) is 7.19. The largest absolute Gasteiger partial charge is 0.332 e. The van der Waals surface area contributed by atoms with Gasteiger partial charge in [-0.25, -0.2) is 0 Å². The highest BCUT2D eigenvalue weighted by Gasteiger charge is 2.29. The van der Waals surface area contributed by atoms with Gasteiger partial charge in [-0.05, 0) is 19.8 Å². The van der Waals surface area contributed by atoms with Gasteiger partial charge in [0.1, 0.15) is 6.29 Å². The molecule has 1 aliphatic heterocycles. The van der Waals surface area contributed by atoms with Crippen molar-refractivity contribution < 1.29 is 9.59 Å². The Morgan fingerprint density at radius 3 is 2.92 bits per heavy atom. The summed E-state index contributed by atoms with van der Waals surface area (Å²) in [5.74, 6) is -0.121. The maximum absolute atomic E-state index is 11.4. The normalized spacial score (nSPS) is 25.5. The number of hydrogen-bond acceptors (Lipinski definition) is 3. The molecule has 0 aromatic rings. The maximum atomic E-state index is 11.4. The van der Waals surface area contributed by atoms with Crippen molar-refractivity contribution in [2.75, 3.05) is 6.54 Å². The van der Waals surface area contributed by atoms with E-state index in [-0.39, 0.29) is 11.9 Å². The molecule has 0 aromatic carbocycles.